The predicted octanol–water partition coefficient (Wildman–Crippen LogP) is 6.03. The first-order valence-electron chi connectivity index (χ1n) is 12.6. The molecule has 1 N–H and O–H groups in total. The second-order valence-corrected chi connectivity index (χ2v) is 9.65. The number of aromatic nitrogens is 3. The largest absolute Gasteiger partial charge is 0.338 e. The van der Waals surface area contributed by atoms with E-state index in [-0.39, 0.29) is 11.8 Å². The quantitative estimate of drug-likeness (QED) is 0.363. The van der Waals surface area contributed by atoms with Crippen LogP contribution in [0.1, 0.15) is 55.7 Å². The molecule has 0 saturated carbocycles. The Balaban J connectivity index is 1.69. The number of carbonyl (C=O) groups is 1. The van der Waals surface area contributed by atoms with Crippen molar-refractivity contribution >= 4 is 6.03 Å². The lowest BCUT2D eigenvalue weighted by molar-refractivity contribution is 0.180. The molecule has 0 radical (unpaired) electrons. The number of aryl methyl sites for hydroxylation is 1. The third-order valence-electron chi connectivity index (χ3n) is 6.73. The van der Waals surface area contributed by atoms with Crippen LogP contribution in [0.15, 0.2) is 72.9 Å². The average molecular weight is 486 g/mol. The van der Waals surface area contributed by atoms with Crippen molar-refractivity contribution in [1.82, 2.24) is 24.6 Å². The van der Waals surface area contributed by atoms with Crippen LogP contribution in [0, 0.1) is 11.7 Å². The lowest BCUT2D eigenvalue weighted by Gasteiger charge is -2.31. The van der Waals surface area contributed by atoms with Gasteiger partial charge in [-0.15, -0.1) is 0 Å². The van der Waals surface area contributed by atoms with Crippen molar-refractivity contribution in [1.29, 1.82) is 0 Å². The monoisotopic (exact) mass is 485 g/mol. The summed E-state index contributed by atoms with van der Waals surface area (Å²) in [6.07, 6.45) is 3.62. The molecular weight excluding hydrogens is 453 g/mol. The molecular formula is C29H32FN5O. The molecule has 1 atom stereocenters. The number of hydrogen-bond acceptors (Lipinski definition) is 2. The van der Waals surface area contributed by atoms with E-state index in [4.69, 9.17) is 5.10 Å². The molecule has 0 aliphatic carbocycles. The highest BCUT2D eigenvalue weighted by Crippen LogP contribution is 2.38. The Bertz CT molecular complexity index is 1360. The van der Waals surface area contributed by atoms with Crippen molar-refractivity contribution in [2.24, 2.45) is 5.92 Å². The summed E-state index contributed by atoms with van der Waals surface area (Å²) in [5.74, 6) is 1.07. The van der Waals surface area contributed by atoms with E-state index in [0.29, 0.717) is 19.0 Å². The molecule has 7 heteroatoms. The summed E-state index contributed by atoms with van der Waals surface area (Å²) in [5, 5.41) is 8.08. The molecule has 3 heterocycles. The van der Waals surface area contributed by atoms with Crippen molar-refractivity contribution in [2.75, 3.05) is 6.54 Å². The number of hydrogen-bond donors (Lipinski definition) is 1. The first-order valence-corrected chi connectivity index (χ1v) is 12.6. The van der Waals surface area contributed by atoms with Gasteiger partial charge < -0.3 is 14.8 Å². The van der Waals surface area contributed by atoms with Gasteiger partial charge in [-0.05, 0) is 60.7 Å². The fraction of sp³-hybridized carbons (Fsp3) is 0.310. The van der Waals surface area contributed by atoms with E-state index in [2.05, 4.69) is 30.7 Å². The van der Waals surface area contributed by atoms with Gasteiger partial charge in [-0.25, -0.2) is 13.9 Å². The third-order valence-corrected chi connectivity index (χ3v) is 6.73. The van der Waals surface area contributed by atoms with Crippen molar-refractivity contribution < 1.29 is 9.18 Å². The topological polar surface area (TPSA) is 55.1 Å². The van der Waals surface area contributed by atoms with Gasteiger partial charge in [0.05, 0.1) is 29.7 Å². The number of fused-ring (bicyclic) bond motifs is 3. The lowest BCUT2D eigenvalue weighted by atomic mass is 10.0. The molecule has 186 valence electrons. The summed E-state index contributed by atoms with van der Waals surface area (Å²) in [6.45, 7) is 7.30. The maximum Gasteiger partial charge on any atom is 0.318 e. The number of nitrogens with one attached hydrogen (secondary N) is 1. The van der Waals surface area contributed by atoms with Crippen LogP contribution >= 0.6 is 0 Å². The van der Waals surface area contributed by atoms with Crippen LogP contribution in [0.25, 0.3) is 11.5 Å². The molecule has 0 spiro atoms. The SMILES string of the molecule is CCc1nn(-c2ccccc2)c2c1CN(C(=O)NCCC(C)C)[C@H](c1cccc(F)c1)c1cccn1-2. The van der Waals surface area contributed by atoms with Gasteiger partial charge in [0.15, 0.2) is 0 Å². The summed E-state index contributed by atoms with van der Waals surface area (Å²) < 4.78 is 18.5. The van der Waals surface area contributed by atoms with Crippen LogP contribution in [-0.2, 0) is 13.0 Å². The van der Waals surface area contributed by atoms with Gasteiger partial charge in [0.1, 0.15) is 11.6 Å². The van der Waals surface area contributed by atoms with Crippen molar-refractivity contribution in [3.8, 4) is 11.5 Å². The fourth-order valence-electron chi connectivity index (χ4n) is 4.94. The van der Waals surface area contributed by atoms with Crippen molar-refractivity contribution in [2.45, 2.75) is 46.2 Å². The summed E-state index contributed by atoms with van der Waals surface area (Å²) in [5.41, 5.74) is 4.50. The number of carbonyl (C=O) groups excluding carboxylic acids is 1. The maximum absolute atomic E-state index is 14.4. The van der Waals surface area contributed by atoms with Crippen LogP contribution in [-0.4, -0.2) is 31.8 Å². The zero-order chi connectivity index (χ0) is 25.2. The molecule has 0 fully saturated rings. The number of benzene rings is 2. The molecule has 0 saturated heterocycles. The second-order valence-electron chi connectivity index (χ2n) is 9.65. The van der Waals surface area contributed by atoms with Crippen LogP contribution < -0.4 is 5.32 Å². The number of para-hydroxylation sites is 1. The van der Waals surface area contributed by atoms with E-state index >= 15 is 0 Å². The minimum absolute atomic E-state index is 0.167. The van der Waals surface area contributed by atoms with Gasteiger partial charge in [-0.2, -0.15) is 5.10 Å². The van der Waals surface area contributed by atoms with Crippen LogP contribution in [0.3, 0.4) is 0 Å². The number of nitrogens with zero attached hydrogens (tertiary/aromatic N) is 4. The van der Waals surface area contributed by atoms with Crippen LogP contribution in [0.4, 0.5) is 9.18 Å². The lowest BCUT2D eigenvalue weighted by Crippen LogP contribution is -2.42. The number of amides is 2. The van der Waals surface area contributed by atoms with E-state index in [0.717, 1.165) is 46.9 Å². The predicted molar refractivity (Wildman–Crippen MR) is 139 cm³/mol. The Morgan fingerprint density at radius 2 is 1.92 bits per heavy atom. The highest BCUT2D eigenvalue weighted by molar-refractivity contribution is 5.76. The molecule has 2 amide bonds. The third kappa shape index (κ3) is 4.41. The van der Waals surface area contributed by atoms with E-state index in [1.165, 1.54) is 12.1 Å². The molecule has 5 rings (SSSR count). The average Bonchev–Trinajstić information content (AvgIpc) is 3.45. The van der Waals surface area contributed by atoms with E-state index in [1.807, 2.05) is 64.3 Å². The first-order chi connectivity index (χ1) is 17.5. The van der Waals surface area contributed by atoms with E-state index < -0.39 is 6.04 Å². The first kappa shape index (κ1) is 23.9. The number of halogens is 1. The molecule has 2 aromatic carbocycles. The van der Waals surface area contributed by atoms with Crippen LogP contribution in [0.5, 0.6) is 0 Å². The second kappa shape index (κ2) is 10.0. The Kier molecular flexibility index (Phi) is 6.63. The molecule has 1 aliphatic heterocycles. The van der Waals surface area contributed by atoms with E-state index in [9.17, 15) is 9.18 Å². The molecule has 1 aliphatic rings. The molecule has 4 aromatic rings. The highest BCUT2D eigenvalue weighted by Gasteiger charge is 2.36. The Morgan fingerprint density at radius 1 is 1.11 bits per heavy atom. The molecule has 2 aromatic heterocycles. The molecule has 0 unspecified atom stereocenters. The zero-order valence-corrected chi connectivity index (χ0v) is 21.0. The van der Waals surface area contributed by atoms with E-state index in [1.54, 1.807) is 6.07 Å². The zero-order valence-electron chi connectivity index (χ0n) is 21.0. The minimum atomic E-state index is -0.462. The van der Waals surface area contributed by atoms with Gasteiger partial charge in [-0.3, -0.25) is 0 Å². The summed E-state index contributed by atoms with van der Waals surface area (Å²) in [4.78, 5) is 15.5. The maximum atomic E-state index is 14.4. The smallest absolute Gasteiger partial charge is 0.318 e. The van der Waals surface area contributed by atoms with Gasteiger partial charge in [0, 0.05) is 18.3 Å². The standard InChI is InChI=1S/C29H32FN5O/c1-4-25-24-19-34(29(36)31-16-15-20(2)3)27(21-10-8-11-22(30)18-21)26-14-9-17-33(26)28(24)35(32-25)23-12-6-5-7-13-23/h5-14,17-18,20,27H,4,15-16,19H2,1-3H3,(H,31,36)/t27-/m1/s1. The van der Waals surface area contributed by atoms with Gasteiger partial charge in [-0.1, -0.05) is 51.1 Å². The van der Waals surface area contributed by atoms with Gasteiger partial charge >= 0.3 is 6.03 Å². The van der Waals surface area contributed by atoms with Crippen molar-refractivity contribution in [3.63, 3.8) is 0 Å². The Hall–Kier alpha value is -3.87. The molecule has 0 bridgehead atoms. The minimum Gasteiger partial charge on any atom is -0.338 e. The molecule has 6 nitrogen and oxygen atoms in total. The Morgan fingerprint density at radius 3 is 2.64 bits per heavy atom. The summed E-state index contributed by atoms with van der Waals surface area (Å²) in [6, 6.07) is 19.9. The number of rotatable bonds is 6. The van der Waals surface area contributed by atoms with Gasteiger partial charge in [0.2, 0.25) is 0 Å². The van der Waals surface area contributed by atoms with Crippen molar-refractivity contribution in [3.05, 3.63) is 101 Å². The summed E-state index contributed by atoms with van der Waals surface area (Å²) >= 11 is 0. The molecule has 36 heavy (non-hydrogen) atoms. The van der Waals surface area contributed by atoms with Crippen LogP contribution in [0.2, 0.25) is 0 Å². The Labute approximate surface area is 211 Å². The highest BCUT2D eigenvalue weighted by atomic mass is 19.1. The normalized spacial score (nSPS) is 14.9. The number of urea groups is 1. The summed E-state index contributed by atoms with van der Waals surface area (Å²) in [7, 11) is 0. The van der Waals surface area contributed by atoms with Gasteiger partial charge in [0.25, 0.3) is 0 Å². The fourth-order valence-corrected chi connectivity index (χ4v) is 4.94.